The van der Waals surface area contributed by atoms with E-state index in [4.69, 9.17) is 13.9 Å². The van der Waals surface area contributed by atoms with Gasteiger partial charge in [-0.1, -0.05) is 12.8 Å². The smallest absolute Gasteiger partial charge is 0.341 e. The minimum atomic E-state index is -0.653. The number of oxazole rings is 1. The number of thiophene rings is 1. The van der Waals surface area contributed by atoms with Gasteiger partial charge >= 0.3 is 11.9 Å². The highest BCUT2D eigenvalue weighted by molar-refractivity contribution is 7.17. The summed E-state index contributed by atoms with van der Waals surface area (Å²) in [7, 11) is 1.33. The molecule has 0 aliphatic heterocycles. The van der Waals surface area contributed by atoms with Gasteiger partial charge in [0, 0.05) is 4.88 Å². The van der Waals surface area contributed by atoms with Gasteiger partial charge in [0.2, 0.25) is 0 Å². The summed E-state index contributed by atoms with van der Waals surface area (Å²) in [5.41, 5.74) is 2.71. The van der Waals surface area contributed by atoms with Gasteiger partial charge in [-0.05, 0) is 49.4 Å². The number of hydrogen-bond acceptors (Lipinski definition) is 8. The molecule has 2 aromatic heterocycles. The number of fused-ring (bicyclic) bond motifs is 2. The summed E-state index contributed by atoms with van der Waals surface area (Å²) in [6.45, 7) is -0.476. The van der Waals surface area contributed by atoms with Crippen molar-refractivity contribution in [3.05, 3.63) is 46.2 Å². The van der Waals surface area contributed by atoms with E-state index in [2.05, 4.69) is 10.3 Å². The highest BCUT2D eigenvalue weighted by atomic mass is 32.1. The Bertz CT molecular complexity index is 1130. The van der Waals surface area contributed by atoms with Crippen molar-refractivity contribution < 1.29 is 28.3 Å². The molecule has 0 atom stereocenters. The number of hydrogen-bond donors (Lipinski definition) is 1. The molecular weight excluding hydrogens is 420 g/mol. The summed E-state index contributed by atoms with van der Waals surface area (Å²) >= 11 is 1.40. The van der Waals surface area contributed by atoms with Gasteiger partial charge < -0.3 is 19.2 Å². The molecule has 0 fully saturated rings. The van der Waals surface area contributed by atoms with E-state index in [1.807, 2.05) is 0 Å². The Morgan fingerprint density at radius 2 is 1.94 bits per heavy atom. The Balaban J connectivity index is 1.45. The van der Waals surface area contributed by atoms with Gasteiger partial charge in [-0.3, -0.25) is 4.79 Å². The monoisotopic (exact) mass is 442 g/mol. The number of methoxy groups -OCH3 is 1. The second kappa shape index (κ2) is 9.30. The average Bonchev–Trinajstić information content (AvgIpc) is 3.35. The molecule has 0 saturated carbocycles. The van der Waals surface area contributed by atoms with E-state index in [0.29, 0.717) is 21.7 Å². The van der Waals surface area contributed by atoms with Crippen LogP contribution in [0.5, 0.6) is 0 Å². The van der Waals surface area contributed by atoms with E-state index in [9.17, 15) is 14.4 Å². The molecule has 1 amide bonds. The van der Waals surface area contributed by atoms with Crippen molar-refractivity contribution in [2.45, 2.75) is 38.5 Å². The van der Waals surface area contributed by atoms with Crippen LogP contribution in [0.2, 0.25) is 0 Å². The zero-order valence-corrected chi connectivity index (χ0v) is 17.9. The lowest BCUT2D eigenvalue weighted by Gasteiger charge is -2.11. The number of amides is 1. The van der Waals surface area contributed by atoms with Gasteiger partial charge in [0.15, 0.2) is 18.6 Å². The van der Waals surface area contributed by atoms with E-state index in [1.54, 1.807) is 12.1 Å². The van der Waals surface area contributed by atoms with E-state index < -0.39 is 24.5 Å². The molecule has 1 aliphatic carbocycles. The van der Waals surface area contributed by atoms with Crippen LogP contribution < -0.4 is 5.32 Å². The number of carbonyl (C=O) groups is 3. The zero-order valence-electron chi connectivity index (χ0n) is 17.1. The van der Waals surface area contributed by atoms with Crippen LogP contribution in [0.3, 0.4) is 0 Å². The number of carbonyl (C=O) groups excluding carboxylic acids is 3. The molecule has 9 heteroatoms. The number of aromatic nitrogens is 1. The first-order chi connectivity index (χ1) is 15.1. The van der Waals surface area contributed by atoms with E-state index in [0.717, 1.165) is 49.0 Å². The van der Waals surface area contributed by atoms with Crippen LogP contribution in [0.15, 0.2) is 29.0 Å². The van der Waals surface area contributed by atoms with Crippen LogP contribution in [0.1, 0.15) is 56.8 Å². The minimum Gasteiger partial charge on any atom is -0.465 e. The molecule has 2 heterocycles. The topological polar surface area (TPSA) is 108 Å². The van der Waals surface area contributed by atoms with Crippen LogP contribution >= 0.6 is 11.3 Å². The number of esters is 2. The van der Waals surface area contributed by atoms with Crippen molar-refractivity contribution >= 4 is 45.3 Å². The molecule has 1 aliphatic rings. The maximum absolute atomic E-state index is 12.5. The van der Waals surface area contributed by atoms with Gasteiger partial charge in [-0.15, -0.1) is 11.3 Å². The number of ether oxygens (including phenoxy) is 2. The number of benzene rings is 1. The van der Waals surface area contributed by atoms with Crippen molar-refractivity contribution in [2.75, 3.05) is 19.0 Å². The standard InChI is InChI=1S/C22H22N2O6S/c1-28-22(27)19-14-6-4-2-3-5-7-17(14)31-20(19)24-18(25)11-29-21(26)13-8-9-15-16(10-13)30-12-23-15/h8-10,12H,2-7,11H2,1H3,(H,24,25). The lowest BCUT2D eigenvalue weighted by Crippen LogP contribution is -2.21. The van der Waals surface area contributed by atoms with Crippen molar-refractivity contribution in [1.29, 1.82) is 0 Å². The molecule has 1 aromatic carbocycles. The third-order valence-corrected chi connectivity index (χ3v) is 6.42. The Hall–Kier alpha value is -3.20. The fraction of sp³-hybridized carbons (Fsp3) is 0.364. The number of rotatable bonds is 5. The summed E-state index contributed by atoms with van der Waals surface area (Å²) in [6.07, 6.45) is 7.26. The molecule has 8 nitrogen and oxygen atoms in total. The number of aryl methyl sites for hydroxylation is 1. The zero-order chi connectivity index (χ0) is 21.8. The first-order valence-electron chi connectivity index (χ1n) is 10.1. The molecular formula is C22H22N2O6S. The predicted octanol–water partition coefficient (Wildman–Crippen LogP) is 4.13. The summed E-state index contributed by atoms with van der Waals surface area (Å²) in [4.78, 5) is 42.3. The minimum absolute atomic E-state index is 0.256. The van der Waals surface area contributed by atoms with Crippen LogP contribution in [-0.2, 0) is 27.1 Å². The quantitative estimate of drug-likeness (QED) is 0.592. The largest absolute Gasteiger partial charge is 0.465 e. The fourth-order valence-electron chi connectivity index (χ4n) is 3.68. The Morgan fingerprint density at radius 3 is 2.74 bits per heavy atom. The number of anilines is 1. The fourth-order valence-corrected chi connectivity index (χ4v) is 4.98. The molecule has 0 spiro atoms. The molecule has 4 rings (SSSR count). The van der Waals surface area contributed by atoms with Crippen LogP contribution in [0, 0.1) is 0 Å². The summed E-state index contributed by atoms with van der Waals surface area (Å²) < 4.78 is 15.3. The van der Waals surface area contributed by atoms with E-state index in [-0.39, 0.29) is 5.56 Å². The first kappa shape index (κ1) is 21.0. The molecule has 3 aromatic rings. The third-order valence-electron chi connectivity index (χ3n) is 5.22. The molecule has 0 unspecified atom stereocenters. The molecule has 162 valence electrons. The number of nitrogens with one attached hydrogen (secondary N) is 1. The van der Waals surface area contributed by atoms with Gasteiger partial charge in [-0.25, -0.2) is 14.6 Å². The predicted molar refractivity (Wildman–Crippen MR) is 114 cm³/mol. The van der Waals surface area contributed by atoms with Crippen molar-refractivity contribution in [1.82, 2.24) is 4.98 Å². The third kappa shape index (κ3) is 4.61. The highest BCUT2D eigenvalue weighted by Gasteiger charge is 2.26. The lowest BCUT2D eigenvalue weighted by atomic mass is 9.96. The van der Waals surface area contributed by atoms with Crippen molar-refractivity contribution in [3.8, 4) is 0 Å². The van der Waals surface area contributed by atoms with E-state index >= 15 is 0 Å². The average molecular weight is 442 g/mol. The van der Waals surface area contributed by atoms with Gasteiger partial charge in [-0.2, -0.15) is 0 Å². The Kier molecular flexibility index (Phi) is 6.31. The Labute approximate surface area is 182 Å². The normalized spacial score (nSPS) is 13.7. The SMILES string of the molecule is COC(=O)c1c(NC(=O)COC(=O)c2ccc3ncoc3c2)sc2c1CCCCCC2. The molecule has 1 N–H and O–H groups in total. The second-order valence-electron chi connectivity index (χ2n) is 7.27. The molecule has 0 saturated heterocycles. The van der Waals surface area contributed by atoms with Crippen molar-refractivity contribution in [2.24, 2.45) is 0 Å². The van der Waals surface area contributed by atoms with Gasteiger partial charge in [0.05, 0.1) is 18.2 Å². The van der Waals surface area contributed by atoms with Crippen LogP contribution in [0.25, 0.3) is 11.1 Å². The highest BCUT2D eigenvalue weighted by Crippen LogP contribution is 2.37. The van der Waals surface area contributed by atoms with Crippen LogP contribution in [0.4, 0.5) is 5.00 Å². The molecule has 31 heavy (non-hydrogen) atoms. The van der Waals surface area contributed by atoms with Gasteiger partial charge in [0.1, 0.15) is 10.5 Å². The Morgan fingerprint density at radius 1 is 1.13 bits per heavy atom. The second-order valence-corrected chi connectivity index (χ2v) is 8.38. The summed E-state index contributed by atoms with van der Waals surface area (Å²) in [6, 6.07) is 4.70. The van der Waals surface area contributed by atoms with Crippen molar-refractivity contribution in [3.63, 3.8) is 0 Å². The molecule has 0 bridgehead atoms. The summed E-state index contributed by atoms with van der Waals surface area (Å²) in [5, 5.41) is 3.18. The van der Waals surface area contributed by atoms with Crippen LogP contribution in [-0.4, -0.2) is 36.5 Å². The summed E-state index contributed by atoms with van der Waals surface area (Å²) in [5.74, 6) is -1.64. The van der Waals surface area contributed by atoms with E-state index in [1.165, 1.54) is 30.9 Å². The maximum Gasteiger partial charge on any atom is 0.341 e. The number of nitrogens with zero attached hydrogens (tertiary/aromatic N) is 1. The molecule has 0 radical (unpaired) electrons. The first-order valence-corrected chi connectivity index (χ1v) is 10.9. The lowest BCUT2D eigenvalue weighted by molar-refractivity contribution is -0.119. The van der Waals surface area contributed by atoms with Gasteiger partial charge in [0.25, 0.3) is 5.91 Å². The maximum atomic E-state index is 12.5.